The largest absolute Gasteiger partial charge is 0.494 e. The van der Waals surface area contributed by atoms with Gasteiger partial charge in [0.1, 0.15) is 11.4 Å². The third-order valence-corrected chi connectivity index (χ3v) is 2.31. The van der Waals surface area contributed by atoms with Crippen LogP contribution < -0.4 is 10.5 Å². The zero-order valence-electron chi connectivity index (χ0n) is 9.10. The van der Waals surface area contributed by atoms with Gasteiger partial charge in [0, 0.05) is 18.0 Å². The Balaban J connectivity index is 2.44. The van der Waals surface area contributed by atoms with E-state index in [-0.39, 0.29) is 5.69 Å². The van der Waals surface area contributed by atoms with Crippen LogP contribution in [0.2, 0.25) is 0 Å². The predicted molar refractivity (Wildman–Crippen MR) is 59.5 cm³/mol. The zero-order chi connectivity index (χ0) is 12.4. The summed E-state index contributed by atoms with van der Waals surface area (Å²) in [7, 11) is 1.49. The van der Waals surface area contributed by atoms with Crippen molar-refractivity contribution >= 4 is 5.69 Å². The number of ether oxygens (including phenoxy) is 1. The van der Waals surface area contributed by atoms with E-state index < -0.39 is 6.43 Å². The van der Waals surface area contributed by atoms with E-state index in [2.05, 4.69) is 4.98 Å². The summed E-state index contributed by atoms with van der Waals surface area (Å²) in [4.78, 5) is 3.62. The molecule has 2 N–H and O–H groups in total. The number of nitrogens with zero attached hydrogens (tertiary/aromatic N) is 2. The SMILES string of the molecule is COc1cc(N)ccc1-n1cnc(C(F)F)c1. The van der Waals surface area contributed by atoms with E-state index in [0.717, 1.165) is 0 Å². The maximum Gasteiger partial charge on any atom is 0.281 e. The summed E-state index contributed by atoms with van der Waals surface area (Å²) in [5.74, 6) is 0.503. The van der Waals surface area contributed by atoms with Gasteiger partial charge < -0.3 is 15.0 Å². The molecule has 0 aliphatic rings. The van der Waals surface area contributed by atoms with Gasteiger partial charge in [0.05, 0.1) is 19.1 Å². The van der Waals surface area contributed by atoms with Crippen LogP contribution in [0.5, 0.6) is 5.75 Å². The van der Waals surface area contributed by atoms with Gasteiger partial charge in [-0.2, -0.15) is 0 Å². The number of anilines is 1. The normalized spacial score (nSPS) is 10.8. The molecule has 0 unspecified atom stereocenters. The molecular formula is C11H11F2N3O. The lowest BCUT2D eigenvalue weighted by atomic mass is 10.2. The molecule has 0 aliphatic carbocycles. The van der Waals surface area contributed by atoms with Crippen LogP contribution in [-0.2, 0) is 0 Å². The highest BCUT2D eigenvalue weighted by molar-refractivity contribution is 5.55. The molecule has 4 nitrogen and oxygen atoms in total. The van der Waals surface area contributed by atoms with Gasteiger partial charge in [-0.3, -0.25) is 0 Å². The fraction of sp³-hybridized carbons (Fsp3) is 0.182. The van der Waals surface area contributed by atoms with E-state index >= 15 is 0 Å². The molecule has 0 fully saturated rings. The van der Waals surface area contributed by atoms with Crippen molar-refractivity contribution in [1.82, 2.24) is 9.55 Å². The molecule has 2 rings (SSSR count). The zero-order valence-corrected chi connectivity index (χ0v) is 9.10. The van der Waals surface area contributed by atoms with Gasteiger partial charge >= 0.3 is 0 Å². The second-order valence-electron chi connectivity index (χ2n) is 3.44. The van der Waals surface area contributed by atoms with Crippen LogP contribution in [0.15, 0.2) is 30.7 Å². The molecule has 1 aromatic heterocycles. The summed E-state index contributed by atoms with van der Waals surface area (Å²) in [6.45, 7) is 0. The van der Waals surface area contributed by atoms with Crippen molar-refractivity contribution in [1.29, 1.82) is 0 Å². The molecule has 90 valence electrons. The van der Waals surface area contributed by atoms with E-state index in [4.69, 9.17) is 10.5 Å². The first-order valence-corrected chi connectivity index (χ1v) is 4.87. The predicted octanol–water partition coefficient (Wildman–Crippen LogP) is 2.40. The summed E-state index contributed by atoms with van der Waals surface area (Å²) in [6, 6.07) is 4.97. The van der Waals surface area contributed by atoms with Crippen LogP contribution >= 0.6 is 0 Å². The molecule has 0 amide bonds. The molecule has 0 saturated heterocycles. The third-order valence-electron chi connectivity index (χ3n) is 2.31. The molecular weight excluding hydrogens is 228 g/mol. The second-order valence-corrected chi connectivity index (χ2v) is 3.44. The van der Waals surface area contributed by atoms with E-state index in [1.54, 1.807) is 18.2 Å². The molecule has 2 aromatic rings. The highest BCUT2D eigenvalue weighted by atomic mass is 19.3. The Labute approximate surface area is 96.6 Å². The number of imidazole rings is 1. The van der Waals surface area contributed by atoms with Gasteiger partial charge in [-0.05, 0) is 12.1 Å². The fourth-order valence-electron chi connectivity index (χ4n) is 1.49. The van der Waals surface area contributed by atoms with Crippen molar-refractivity contribution in [3.63, 3.8) is 0 Å². The number of halogens is 2. The fourth-order valence-corrected chi connectivity index (χ4v) is 1.49. The lowest BCUT2D eigenvalue weighted by molar-refractivity contribution is 0.146. The first-order valence-electron chi connectivity index (χ1n) is 4.87. The standard InChI is InChI=1S/C11H11F2N3O/c1-17-10-4-7(14)2-3-9(10)16-5-8(11(12)13)15-6-16/h2-6,11H,14H2,1H3. The lowest BCUT2D eigenvalue weighted by Gasteiger charge is -2.09. The summed E-state index contributed by atoms with van der Waals surface area (Å²) in [5.41, 5.74) is 6.49. The van der Waals surface area contributed by atoms with Gasteiger partial charge in [0.25, 0.3) is 6.43 Å². The van der Waals surface area contributed by atoms with Crippen molar-refractivity contribution in [2.24, 2.45) is 0 Å². The Morgan fingerprint density at radius 3 is 2.76 bits per heavy atom. The topological polar surface area (TPSA) is 53.1 Å². The highest BCUT2D eigenvalue weighted by Crippen LogP contribution is 2.26. The smallest absolute Gasteiger partial charge is 0.281 e. The summed E-state index contributed by atoms with van der Waals surface area (Å²) in [6.07, 6.45) is -0.00939. The number of rotatable bonds is 3. The monoisotopic (exact) mass is 239 g/mol. The summed E-state index contributed by atoms with van der Waals surface area (Å²) in [5, 5.41) is 0. The van der Waals surface area contributed by atoms with Crippen molar-refractivity contribution in [3.05, 3.63) is 36.4 Å². The number of methoxy groups -OCH3 is 1. The van der Waals surface area contributed by atoms with Crippen molar-refractivity contribution in [2.75, 3.05) is 12.8 Å². The molecule has 0 saturated carbocycles. The molecule has 1 aromatic carbocycles. The van der Waals surface area contributed by atoms with E-state index in [1.165, 1.54) is 24.2 Å². The molecule has 17 heavy (non-hydrogen) atoms. The van der Waals surface area contributed by atoms with Crippen LogP contribution in [-0.4, -0.2) is 16.7 Å². The summed E-state index contributed by atoms with van der Waals surface area (Å²) >= 11 is 0. The van der Waals surface area contributed by atoms with Crippen molar-refractivity contribution < 1.29 is 13.5 Å². The van der Waals surface area contributed by atoms with E-state index in [1.807, 2.05) is 0 Å². The maximum atomic E-state index is 12.4. The Morgan fingerprint density at radius 2 is 2.18 bits per heavy atom. The van der Waals surface area contributed by atoms with Crippen LogP contribution in [0.1, 0.15) is 12.1 Å². The molecule has 0 radical (unpaired) electrons. The van der Waals surface area contributed by atoms with Crippen LogP contribution in [0.4, 0.5) is 14.5 Å². The van der Waals surface area contributed by atoms with Crippen LogP contribution in [0.25, 0.3) is 5.69 Å². The summed E-state index contributed by atoms with van der Waals surface area (Å²) < 4.78 is 31.4. The Hall–Kier alpha value is -2.11. The molecule has 0 spiro atoms. The Bertz CT molecular complexity index is 525. The first kappa shape index (κ1) is 11.4. The molecule has 0 aliphatic heterocycles. The van der Waals surface area contributed by atoms with Gasteiger partial charge in [0.2, 0.25) is 0 Å². The number of nitrogen functional groups attached to an aromatic ring is 1. The average molecular weight is 239 g/mol. The minimum atomic E-state index is -2.59. The number of hydrogen-bond acceptors (Lipinski definition) is 3. The Morgan fingerprint density at radius 1 is 1.41 bits per heavy atom. The number of hydrogen-bond donors (Lipinski definition) is 1. The Kier molecular flexibility index (Phi) is 2.95. The van der Waals surface area contributed by atoms with Crippen LogP contribution in [0, 0.1) is 0 Å². The molecule has 1 heterocycles. The van der Waals surface area contributed by atoms with E-state index in [9.17, 15) is 8.78 Å². The second kappa shape index (κ2) is 4.40. The minimum absolute atomic E-state index is 0.274. The van der Waals surface area contributed by atoms with E-state index in [0.29, 0.717) is 17.1 Å². The van der Waals surface area contributed by atoms with Crippen molar-refractivity contribution in [3.8, 4) is 11.4 Å². The number of alkyl halides is 2. The highest BCUT2D eigenvalue weighted by Gasteiger charge is 2.12. The van der Waals surface area contributed by atoms with Gasteiger partial charge in [-0.1, -0.05) is 0 Å². The van der Waals surface area contributed by atoms with Crippen LogP contribution in [0.3, 0.4) is 0 Å². The first-order chi connectivity index (χ1) is 8.11. The average Bonchev–Trinajstić information content (AvgIpc) is 2.78. The molecule has 0 atom stereocenters. The number of nitrogens with two attached hydrogens (primary N) is 1. The maximum absolute atomic E-state index is 12.4. The quantitative estimate of drug-likeness (QED) is 0.837. The van der Waals surface area contributed by atoms with Gasteiger partial charge in [-0.15, -0.1) is 0 Å². The van der Waals surface area contributed by atoms with Gasteiger partial charge in [0.15, 0.2) is 0 Å². The van der Waals surface area contributed by atoms with Crippen molar-refractivity contribution in [2.45, 2.75) is 6.43 Å². The number of benzene rings is 1. The number of aromatic nitrogens is 2. The third kappa shape index (κ3) is 2.20. The lowest BCUT2D eigenvalue weighted by Crippen LogP contribution is -1.97. The molecule has 6 heteroatoms. The minimum Gasteiger partial charge on any atom is -0.494 e. The molecule has 0 bridgehead atoms. The van der Waals surface area contributed by atoms with Gasteiger partial charge in [-0.25, -0.2) is 13.8 Å².